The minimum atomic E-state index is -5.03. The van der Waals surface area contributed by atoms with Crippen LogP contribution >= 0.6 is 0 Å². The van der Waals surface area contributed by atoms with Crippen molar-refractivity contribution in [2.24, 2.45) is 0 Å². The Labute approximate surface area is 125 Å². The van der Waals surface area contributed by atoms with E-state index >= 15 is 0 Å². The first-order valence-electron chi connectivity index (χ1n) is 5.96. The van der Waals surface area contributed by atoms with E-state index in [1.165, 1.54) is 21.0 Å². The van der Waals surface area contributed by atoms with E-state index in [2.05, 4.69) is 0 Å². The summed E-state index contributed by atoms with van der Waals surface area (Å²) in [5.41, 5.74) is -1.69. The SMILES string of the molecule is C[C@H](NS(=O)(=O)c1ccc(F)c(C(F)(F)F)c1)C(=O)N(C)C. The van der Waals surface area contributed by atoms with Gasteiger partial charge in [0.25, 0.3) is 0 Å². The molecule has 1 N–H and O–H groups in total. The maximum Gasteiger partial charge on any atom is 0.419 e. The van der Waals surface area contributed by atoms with Gasteiger partial charge in [0.15, 0.2) is 0 Å². The van der Waals surface area contributed by atoms with Crippen LogP contribution in [0.3, 0.4) is 0 Å². The van der Waals surface area contributed by atoms with Gasteiger partial charge < -0.3 is 4.90 Å². The van der Waals surface area contributed by atoms with Crippen molar-refractivity contribution >= 4 is 15.9 Å². The number of nitrogens with one attached hydrogen (secondary N) is 1. The van der Waals surface area contributed by atoms with Crippen molar-refractivity contribution in [3.05, 3.63) is 29.6 Å². The van der Waals surface area contributed by atoms with Gasteiger partial charge in [-0.3, -0.25) is 4.79 Å². The molecule has 1 rings (SSSR count). The second-order valence-corrected chi connectivity index (χ2v) is 6.43. The molecule has 22 heavy (non-hydrogen) atoms. The van der Waals surface area contributed by atoms with Crippen LogP contribution in [-0.4, -0.2) is 39.4 Å². The number of likely N-dealkylation sites (N-methyl/N-ethyl adjacent to an activating group) is 1. The Hall–Kier alpha value is -1.68. The van der Waals surface area contributed by atoms with Crippen LogP contribution in [0.4, 0.5) is 17.6 Å². The summed E-state index contributed by atoms with van der Waals surface area (Å²) in [5.74, 6) is -2.16. The lowest BCUT2D eigenvalue weighted by atomic mass is 10.2. The minimum absolute atomic E-state index is 0.185. The van der Waals surface area contributed by atoms with Crippen molar-refractivity contribution in [1.29, 1.82) is 0 Å². The van der Waals surface area contributed by atoms with Crippen LogP contribution in [-0.2, 0) is 21.0 Å². The van der Waals surface area contributed by atoms with Gasteiger partial charge in [0.1, 0.15) is 5.82 Å². The Bertz CT molecular complexity index is 671. The van der Waals surface area contributed by atoms with E-state index in [0.29, 0.717) is 12.1 Å². The molecule has 0 bridgehead atoms. The summed E-state index contributed by atoms with van der Waals surface area (Å²) in [7, 11) is -1.61. The number of hydrogen-bond donors (Lipinski definition) is 1. The fourth-order valence-electron chi connectivity index (χ4n) is 1.63. The molecule has 1 aromatic carbocycles. The number of rotatable bonds is 4. The van der Waals surface area contributed by atoms with Crippen LogP contribution in [0, 0.1) is 5.82 Å². The van der Waals surface area contributed by atoms with Gasteiger partial charge in [0.2, 0.25) is 15.9 Å². The normalized spacial score (nSPS) is 13.8. The van der Waals surface area contributed by atoms with E-state index < -0.39 is 44.4 Å². The van der Waals surface area contributed by atoms with Gasteiger partial charge in [-0.25, -0.2) is 12.8 Å². The molecule has 0 saturated heterocycles. The molecule has 0 aliphatic carbocycles. The molecule has 124 valence electrons. The zero-order chi connectivity index (χ0) is 17.3. The quantitative estimate of drug-likeness (QED) is 0.845. The molecule has 1 amide bonds. The van der Waals surface area contributed by atoms with E-state index in [1.54, 1.807) is 0 Å². The van der Waals surface area contributed by atoms with Gasteiger partial charge >= 0.3 is 6.18 Å². The van der Waals surface area contributed by atoms with Crippen molar-refractivity contribution in [1.82, 2.24) is 9.62 Å². The summed E-state index contributed by atoms with van der Waals surface area (Å²) in [5, 5.41) is 0. The molecule has 0 fully saturated rings. The van der Waals surface area contributed by atoms with Crippen molar-refractivity contribution in [2.75, 3.05) is 14.1 Å². The topological polar surface area (TPSA) is 66.5 Å². The first-order chi connectivity index (χ1) is 9.86. The maximum atomic E-state index is 13.2. The number of carbonyl (C=O) groups is 1. The average molecular weight is 342 g/mol. The highest BCUT2D eigenvalue weighted by atomic mass is 32.2. The molecule has 0 heterocycles. The van der Waals surface area contributed by atoms with Crippen molar-refractivity contribution in [3.8, 4) is 0 Å². The molecule has 10 heteroatoms. The molecular weight excluding hydrogens is 328 g/mol. The Morgan fingerprint density at radius 1 is 1.27 bits per heavy atom. The molecule has 0 unspecified atom stereocenters. The molecule has 1 atom stereocenters. The predicted octanol–water partition coefficient (Wildman–Crippen LogP) is 1.60. The molecule has 5 nitrogen and oxygen atoms in total. The van der Waals surface area contributed by atoms with Crippen LogP contribution in [0.25, 0.3) is 0 Å². The third-order valence-corrected chi connectivity index (χ3v) is 4.24. The Morgan fingerprint density at radius 3 is 2.27 bits per heavy atom. The molecule has 0 spiro atoms. The van der Waals surface area contributed by atoms with Gasteiger partial charge in [-0.15, -0.1) is 0 Å². The summed E-state index contributed by atoms with van der Waals surface area (Å²) in [4.78, 5) is 11.9. The Morgan fingerprint density at radius 2 is 1.82 bits per heavy atom. The third kappa shape index (κ3) is 4.17. The second-order valence-electron chi connectivity index (χ2n) is 4.72. The van der Waals surface area contributed by atoms with Crippen LogP contribution in [0.15, 0.2) is 23.1 Å². The summed E-state index contributed by atoms with van der Waals surface area (Å²) >= 11 is 0. The number of halogens is 4. The average Bonchev–Trinajstić information content (AvgIpc) is 2.35. The first-order valence-corrected chi connectivity index (χ1v) is 7.45. The van der Waals surface area contributed by atoms with Gasteiger partial charge in [-0.1, -0.05) is 0 Å². The summed E-state index contributed by atoms with van der Waals surface area (Å²) in [6, 6.07) is 0.111. The maximum absolute atomic E-state index is 13.2. The van der Waals surface area contributed by atoms with Gasteiger partial charge in [0, 0.05) is 14.1 Å². The summed E-state index contributed by atoms with van der Waals surface area (Å²) < 4.78 is 76.9. The number of alkyl halides is 3. The number of sulfonamides is 1. The van der Waals surface area contributed by atoms with Crippen LogP contribution in [0.5, 0.6) is 0 Å². The summed E-state index contributed by atoms with van der Waals surface area (Å²) in [6.07, 6.45) is -5.03. The van der Waals surface area contributed by atoms with Crippen LogP contribution in [0.2, 0.25) is 0 Å². The molecule has 1 aromatic rings. The third-order valence-electron chi connectivity index (χ3n) is 2.70. The van der Waals surface area contributed by atoms with Crippen molar-refractivity contribution in [3.63, 3.8) is 0 Å². The van der Waals surface area contributed by atoms with Gasteiger partial charge in [-0.2, -0.15) is 17.9 Å². The number of benzene rings is 1. The molecule has 0 aliphatic heterocycles. The zero-order valence-corrected chi connectivity index (χ0v) is 12.7. The lowest BCUT2D eigenvalue weighted by molar-refractivity contribution is -0.140. The minimum Gasteiger partial charge on any atom is -0.347 e. The Balaban J connectivity index is 3.17. The van der Waals surface area contributed by atoms with Crippen molar-refractivity contribution in [2.45, 2.75) is 24.0 Å². The zero-order valence-electron chi connectivity index (χ0n) is 11.9. The highest BCUT2D eigenvalue weighted by Gasteiger charge is 2.35. The number of amides is 1. The van der Waals surface area contributed by atoms with Crippen LogP contribution < -0.4 is 4.72 Å². The van der Waals surface area contributed by atoms with E-state index in [0.717, 1.165) is 4.90 Å². The van der Waals surface area contributed by atoms with E-state index in [-0.39, 0.29) is 6.07 Å². The second kappa shape index (κ2) is 6.21. The highest BCUT2D eigenvalue weighted by Crippen LogP contribution is 2.32. The molecule has 0 saturated carbocycles. The van der Waals surface area contributed by atoms with Crippen LogP contribution in [0.1, 0.15) is 12.5 Å². The lowest BCUT2D eigenvalue weighted by Gasteiger charge is -2.18. The van der Waals surface area contributed by atoms with E-state index in [9.17, 15) is 30.8 Å². The van der Waals surface area contributed by atoms with E-state index in [1.807, 2.05) is 4.72 Å². The van der Waals surface area contributed by atoms with E-state index in [4.69, 9.17) is 0 Å². The number of carbonyl (C=O) groups excluding carboxylic acids is 1. The number of hydrogen-bond acceptors (Lipinski definition) is 3. The molecule has 0 radical (unpaired) electrons. The first kappa shape index (κ1) is 18.4. The largest absolute Gasteiger partial charge is 0.419 e. The lowest BCUT2D eigenvalue weighted by Crippen LogP contribution is -2.44. The number of nitrogens with zero attached hydrogens (tertiary/aromatic N) is 1. The smallest absolute Gasteiger partial charge is 0.347 e. The van der Waals surface area contributed by atoms with Gasteiger partial charge in [-0.05, 0) is 25.1 Å². The fraction of sp³-hybridized carbons (Fsp3) is 0.417. The highest BCUT2D eigenvalue weighted by molar-refractivity contribution is 7.89. The predicted molar refractivity (Wildman–Crippen MR) is 69.9 cm³/mol. The standard InChI is InChI=1S/C12H14F4N2O3S/c1-7(11(19)18(2)3)17-22(20,21)8-4-5-10(13)9(6-8)12(14,15)16/h4-7,17H,1-3H3/t7-/m0/s1. The molecule has 0 aromatic heterocycles. The Kier molecular flexibility index (Phi) is 5.18. The molecular formula is C12H14F4N2O3S. The van der Waals surface area contributed by atoms with Gasteiger partial charge in [0.05, 0.1) is 16.5 Å². The monoisotopic (exact) mass is 342 g/mol. The van der Waals surface area contributed by atoms with Crippen molar-refractivity contribution < 1.29 is 30.8 Å². The molecule has 0 aliphatic rings. The fourth-order valence-corrected chi connectivity index (χ4v) is 2.85. The summed E-state index contributed by atoms with van der Waals surface area (Å²) in [6.45, 7) is 1.24.